The standard InChI is InChI=1S/C22H19F2N5O2/c1-11(30)14-7-9-26-21-18(15-4-3-5-16(28-15)22(23)24)19(29-20(14)21)13-6-8-25-17(10-13)27-12(2)31/h3-11,22,29-30H,1-2H3,(H,25,27,31)/t11-/m0/s1. The van der Waals surface area contributed by atoms with Crippen molar-refractivity contribution in [1.29, 1.82) is 0 Å². The van der Waals surface area contributed by atoms with Crippen molar-refractivity contribution in [3.63, 3.8) is 0 Å². The number of aromatic nitrogens is 4. The van der Waals surface area contributed by atoms with Crippen molar-refractivity contribution in [2.24, 2.45) is 0 Å². The van der Waals surface area contributed by atoms with Crippen LogP contribution in [0.5, 0.6) is 0 Å². The van der Waals surface area contributed by atoms with Gasteiger partial charge < -0.3 is 15.4 Å². The van der Waals surface area contributed by atoms with Gasteiger partial charge in [-0.15, -0.1) is 0 Å². The number of carbonyl (C=O) groups excluding carboxylic acids is 1. The first-order valence-corrected chi connectivity index (χ1v) is 9.53. The number of halogens is 2. The molecule has 7 nitrogen and oxygen atoms in total. The third-order valence-electron chi connectivity index (χ3n) is 4.77. The number of fused-ring (bicyclic) bond motifs is 1. The molecule has 0 aliphatic carbocycles. The average molecular weight is 423 g/mol. The summed E-state index contributed by atoms with van der Waals surface area (Å²) in [5.41, 5.74) is 3.36. The molecule has 1 atom stereocenters. The molecule has 0 unspecified atom stereocenters. The number of aliphatic hydroxyl groups excluding tert-OH is 1. The quantitative estimate of drug-likeness (QED) is 0.434. The third kappa shape index (κ3) is 3.99. The summed E-state index contributed by atoms with van der Waals surface area (Å²) in [6.45, 7) is 3.01. The Labute approximate surface area is 176 Å². The Morgan fingerprint density at radius 2 is 1.94 bits per heavy atom. The fourth-order valence-corrected chi connectivity index (χ4v) is 3.46. The molecule has 4 aromatic heterocycles. The monoisotopic (exact) mass is 423 g/mol. The van der Waals surface area contributed by atoms with Crippen molar-refractivity contribution in [2.75, 3.05) is 5.32 Å². The number of rotatable bonds is 5. The van der Waals surface area contributed by atoms with Gasteiger partial charge in [0.05, 0.1) is 34.1 Å². The predicted octanol–water partition coefficient (Wildman–Crippen LogP) is 4.64. The second-order valence-electron chi connectivity index (χ2n) is 7.03. The van der Waals surface area contributed by atoms with Gasteiger partial charge in [-0.1, -0.05) is 6.07 Å². The molecule has 0 aliphatic rings. The summed E-state index contributed by atoms with van der Waals surface area (Å²) in [4.78, 5) is 27.4. The molecule has 4 heterocycles. The lowest BCUT2D eigenvalue weighted by Gasteiger charge is -2.08. The summed E-state index contributed by atoms with van der Waals surface area (Å²) in [7, 11) is 0. The van der Waals surface area contributed by atoms with Crippen LogP contribution >= 0.6 is 0 Å². The molecule has 1 amide bonds. The number of alkyl halides is 2. The number of carbonyl (C=O) groups is 1. The van der Waals surface area contributed by atoms with Crippen LogP contribution in [-0.4, -0.2) is 30.9 Å². The number of aliphatic hydroxyl groups is 1. The molecule has 0 saturated carbocycles. The zero-order valence-corrected chi connectivity index (χ0v) is 16.7. The highest BCUT2D eigenvalue weighted by atomic mass is 19.3. The zero-order chi connectivity index (χ0) is 22.1. The van der Waals surface area contributed by atoms with Crippen molar-refractivity contribution in [1.82, 2.24) is 19.9 Å². The van der Waals surface area contributed by atoms with Gasteiger partial charge in [0.1, 0.15) is 11.5 Å². The Balaban J connectivity index is 2.01. The van der Waals surface area contributed by atoms with Crippen LogP contribution in [0.1, 0.15) is 37.6 Å². The summed E-state index contributed by atoms with van der Waals surface area (Å²) in [5.74, 6) is 0.0680. The number of hydrogen-bond donors (Lipinski definition) is 3. The number of hydrogen-bond acceptors (Lipinski definition) is 5. The Kier molecular flexibility index (Phi) is 5.43. The summed E-state index contributed by atoms with van der Waals surface area (Å²) < 4.78 is 26.6. The lowest BCUT2D eigenvalue weighted by Crippen LogP contribution is -2.07. The highest BCUT2D eigenvalue weighted by Gasteiger charge is 2.22. The van der Waals surface area contributed by atoms with Crippen LogP contribution in [-0.2, 0) is 4.79 Å². The van der Waals surface area contributed by atoms with Crippen LogP contribution in [0.3, 0.4) is 0 Å². The van der Waals surface area contributed by atoms with Crippen LogP contribution in [0.2, 0.25) is 0 Å². The zero-order valence-electron chi connectivity index (χ0n) is 16.7. The minimum absolute atomic E-state index is 0.272. The number of pyridine rings is 3. The van der Waals surface area contributed by atoms with Gasteiger partial charge in [0.15, 0.2) is 0 Å². The molecular weight excluding hydrogens is 404 g/mol. The van der Waals surface area contributed by atoms with E-state index in [1.165, 1.54) is 25.3 Å². The van der Waals surface area contributed by atoms with E-state index in [2.05, 4.69) is 25.3 Å². The maximum atomic E-state index is 13.3. The predicted molar refractivity (Wildman–Crippen MR) is 112 cm³/mol. The van der Waals surface area contributed by atoms with Gasteiger partial charge in [0.2, 0.25) is 5.91 Å². The number of amides is 1. The summed E-state index contributed by atoms with van der Waals surface area (Å²) in [6.07, 6.45) is -0.417. The highest BCUT2D eigenvalue weighted by Crippen LogP contribution is 2.39. The van der Waals surface area contributed by atoms with Crippen LogP contribution < -0.4 is 5.32 Å². The van der Waals surface area contributed by atoms with E-state index in [-0.39, 0.29) is 11.6 Å². The van der Waals surface area contributed by atoms with E-state index in [9.17, 15) is 18.7 Å². The van der Waals surface area contributed by atoms with E-state index in [1.807, 2.05) is 0 Å². The number of H-pyrrole nitrogens is 1. The molecule has 0 fully saturated rings. The number of nitrogens with one attached hydrogen (secondary N) is 2. The molecule has 0 saturated heterocycles. The normalized spacial score (nSPS) is 12.3. The molecule has 0 radical (unpaired) electrons. The highest BCUT2D eigenvalue weighted by molar-refractivity contribution is 6.02. The molecule has 158 valence electrons. The first kappa shape index (κ1) is 20.5. The van der Waals surface area contributed by atoms with E-state index >= 15 is 0 Å². The minimum Gasteiger partial charge on any atom is -0.389 e. The number of nitrogens with zero attached hydrogens (tertiary/aromatic N) is 3. The summed E-state index contributed by atoms with van der Waals surface area (Å²) in [6, 6.07) is 9.48. The molecular formula is C22H19F2N5O2. The Bertz CT molecular complexity index is 1270. The SMILES string of the molecule is CC(=O)Nc1cc(-c2[nH]c3c([C@H](C)O)ccnc3c2-c2cccc(C(F)F)n2)ccn1. The topological polar surface area (TPSA) is 104 Å². The number of aromatic amines is 1. The molecule has 0 spiro atoms. The fourth-order valence-electron chi connectivity index (χ4n) is 3.46. The van der Waals surface area contributed by atoms with E-state index in [0.29, 0.717) is 44.9 Å². The van der Waals surface area contributed by atoms with Crippen LogP contribution in [0.25, 0.3) is 33.5 Å². The van der Waals surface area contributed by atoms with Gasteiger partial charge >= 0.3 is 0 Å². The summed E-state index contributed by atoms with van der Waals surface area (Å²) in [5, 5.41) is 12.8. The van der Waals surface area contributed by atoms with E-state index in [4.69, 9.17) is 0 Å². The lowest BCUT2D eigenvalue weighted by molar-refractivity contribution is -0.114. The third-order valence-corrected chi connectivity index (χ3v) is 4.77. The Morgan fingerprint density at radius 1 is 1.16 bits per heavy atom. The van der Waals surface area contributed by atoms with E-state index < -0.39 is 12.5 Å². The van der Waals surface area contributed by atoms with E-state index in [0.717, 1.165) is 0 Å². The maximum Gasteiger partial charge on any atom is 0.280 e. The first-order valence-electron chi connectivity index (χ1n) is 9.53. The molecule has 9 heteroatoms. The van der Waals surface area contributed by atoms with Gasteiger partial charge in [-0.3, -0.25) is 9.78 Å². The van der Waals surface area contributed by atoms with Gasteiger partial charge in [0, 0.05) is 30.4 Å². The van der Waals surface area contributed by atoms with Gasteiger partial charge in [-0.25, -0.2) is 18.7 Å². The molecule has 0 aliphatic heterocycles. The van der Waals surface area contributed by atoms with Gasteiger partial charge in [0.25, 0.3) is 6.43 Å². The van der Waals surface area contributed by atoms with Crippen LogP contribution in [0, 0.1) is 0 Å². The smallest absolute Gasteiger partial charge is 0.280 e. The van der Waals surface area contributed by atoms with Gasteiger partial charge in [-0.05, 0) is 37.3 Å². The average Bonchev–Trinajstić information content (AvgIpc) is 3.13. The molecule has 4 rings (SSSR count). The fraction of sp³-hybridized carbons (Fsp3) is 0.182. The second-order valence-corrected chi connectivity index (χ2v) is 7.03. The second kappa shape index (κ2) is 8.19. The van der Waals surface area contributed by atoms with Crippen molar-refractivity contribution < 1.29 is 18.7 Å². The molecule has 31 heavy (non-hydrogen) atoms. The van der Waals surface area contributed by atoms with Gasteiger partial charge in [-0.2, -0.15) is 0 Å². The van der Waals surface area contributed by atoms with Crippen molar-refractivity contribution in [3.05, 3.63) is 60.0 Å². The first-order chi connectivity index (χ1) is 14.8. The van der Waals surface area contributed by atoms with Crippen molar-refractivity contribution >= 4 is 22.8 Å². The molecule has 4 aromatic rings. The Morgan fingerprint density at radius 3 is 2.65 bits per heavy atom. The maximum absolute atomic E-state index is 13.3. The lowest BCUT2D eigenvalue weighted by atomic mass is 10.0. The van der Waals surface area contributed by atoms with Crippen molar-refractivity contribution in [3.8, 4) is 22.5 Å². The molecule has 0 bridgehead atoms. The summed E-state index contributed by atoms with van der Waals surface area (Å²) >= 11 is 0. The molecule has 3 N–H and O–H groups in total. The largest absolute Gasteiger partial charge is 0.389 e. The van der Waals surface area contributed by atoms with Crippen LogP contribution in [0.4, 0.5) is 14.6 Å². The van der Waals surface area contributed by atoms with Crippen LogP contribution in [0.15, 0.2) is 48.8 Å². The number of anilines is 1. The molecule has 0 aromatic carbocycles. The minimum atomic E-state index is -2.72. The van der Waals surface area contributed by atoms with Crippen molar-refractivity contribution in [2.45, 2.75) is 26.4 Å². The van der Waals surface area contributed by atoms with E-state index in [1.54, 1.807) is 37.4 Å². The Hall–Kier alpha value is -3.72.